The molecule has 4 aliphatic carbocycles. The standard InChI is InChI=1S/C21H31N3O2S/c1-14(18(25)24-6-4-2-3-5-7-24)27-20-23-22-19(26-20)21-11-15-8-16(12-21)10-17(9-15)13-21/h14-17H,2-13H2,1H3/t14-,15?,16?,17?,21?/m1/s1. The van der Waals surface area contributed by atoms with Gasteiger partial charge in [0.1, 0.15) is 0 Å². The number of aromatic nitrogens is 2. The van der Waals surface area contributed by atoms with Crippen LogP contribution in [0.1, 0.15) is 77.0 Å². The minimum Gasteiger partial charge on any atom is -0.415 e. The van der Waals surface area contributed by atoms with Crippen LogP contribution < -0.4 is 0 Å². The number of thioether (sulfide) groups is 1. The summed E-state index contributed by atoms with van der Waals surface area (Å²) < 4.78 is 6.17. The average Bonchev–Trinajstić information content (AvgIpc) is 2.94. The molecule has 4 bridgehead atoms. The molecule has 5 nitrogen and oxygen atoms in total. The fourth-order valence-corrected chi connectivity index (χ4v) is 7.36. The van der Waals surface area contributed by atoms with E-state index in [0.29, 0.717) is 5.22 Å². The van der Waals surface area contributed by atoms with Crippen molar-refractivity contribution in [2.45, 2.75) is 87.0 Å². The predicted molar refractivity (Wildman–Crippen MR) is 105 cm³/mol. The highest BCUT2D eigenvalue weighted by atomic mass is 32.2. The van der Waals surface area contributed by atoms with Gasteiger partial charge in [0.25, 0.3) is 5.22 Å². The molecule has 6 heteroatoms. The number of nitrogens with zero attached hydrogens (tertiary/aromatic N) is 3. The van der Waals surface area contributed by atoms with Gasteiger partial charge in [-0.1, -0.05) is 24.6 Å². The third-order valence-electron chi connectivity index (χ3n) is 7.44. The Kier molecular flexibility index (Phi) is 4.73. The van der Waals surface area contributed by atoms with Gasteiger partial charge in [-0.2, -0.15) is 0 Å². The van der Waals surface area contributed by atoms with E-state index >= 15 is 0 Å². The van der Waals surface area contributed by atoms with Crippen LogP contribution in [0.25, 0.3) is 0 Å². The number of likely N-dealkylation sites (tertiary alicyclic amines) is 1. The first-order valence-electron chi connectivity index (χ1n) is 10.9. The lowest BCUT2D eigenvalue weighted by Gasteiger charge is -2.55. The van der Waals surface area contributed by atoms with Crippen molar-refractivity contribution in [3.63, 3.8) is 0 Å². The molecular weight excluding hydrogens is 358 g/mol. The van der Waals surface area contributed by atoms with Crippen LogP contribution in [0.2, 0.25) is 0 Å². The van der Waals surface area contributed by atoms with Crippen LogP contribution in [-0.4, -0.2) is 39.3 Å². The van der Waals surface area contributed by atoms with Crippen molar-refractivity contribution < 1.29 is 9.21 Å². The quantitative estimate of drug-likeness (QED) is 0.714. The second kappa shape index (κ2) is 7.09. The Hall–Kier alpha value is -1.04. The molecule has 5 aliphatic rings. The first kappa shape index (κ1) is 18.0. The molecule has 4 saturated carbocycles. The summed E-state index contributed by atoms with van der Waals surface area (Å²) >= 11 is 1.45. The van der Waals surface area contributed by atoms with Crippen LogP contribution in [-0.2, 0) is 10.2 Å². The molecule has 1 amide bonds. The molecule has 2 heterocycles. The molecule has 1 aromatic heterocycles. The Balaban J connectivity index is 1.26. The number of carbonyl (C=O) groups excluding carboxylic acids is 1. The third kappa shape index (κ3) is 3.43. The minimum atomic E-state index is -0.159. The largest absolute Gasteiger partial charge is 0.415 e. The van der Waals surface area contributed by atoms with Gasteiger partial charge in [-0.15, -0.1) is 10.2 Å². The van der Waals surface area contributed by atoms with E-state index in [9.17, 15) is 4.79 Å². The predicted octanol–water partition coefficient (Wildman–Crippen LogP) is 4.42. The Labute approximate surface area is 166 Å². The molecule has 0 aromatic carbocycles. The first-order chi connectivity index (χ1) is 13.1. The summed E-state index contributed by atoms with van der Waals surface area (Å²) in [6, 6.07) is 0. The first-order valence-corrected chi connectivity index (χ1v) is 11.8. The van der Waals surface area contributed by atoms with E-state index in [1.165, 1.54) is 63.1 Å². The van der Waals surface area contributed by atoms with Gasteiger partial charge < -0.3 is 9.32 Å². The minimum absolute atomic E-state index is 0.137. The average molecular weight is 390 g/mol. The fourth-order valence-electron chi connectivity index (χ4n) is 6.59. The summed E-state index contributed by atoms with van der Waals surface area (Å²) in [5.74, 6) is 3.67. The lowest BCUT2D eigenvalue weighted by molar-refractivity contribution is -0.130. The van der Waals surface area contributed by atoms with E-state index < -0.39 is 0 Å². The van der Waals surface area contributed by atoms with Crippen LogP contribution >= 0.6 is 11.8 Å². The molecule has 148 valence electrons. The molecule has 5 fully saturated rings. The van der Waals surface area contributed by atoms with E-state index in [-0.39, 0.29) is 16.6 Å². The van der Waals surface area contributed by atoms with E-state index in [1.807, 2.05) is 11.8 Å². The van der Waals surface area contributed by atoms with Gasteiger partial charge in [-0.3, -0.25) is 4.79 Å². The molecule has 0 N–H and O–H groups in total. The summed E-state index contributed by atoms with van der Waals surface area (Å²) in [6.07, 6.45) is 12.7. The highest BCUT2D eigenvalue weighted by Gasteiger charge is 2.54. The highest BCUT2D eigenvalue weighted by Crippen LogP contribution is 2.60. The van der Waals surface area contributed by atoms with E-state index in [2.05, 4.69) is 10.2 Å². The summed E-state index contributed by atoms with van der Waals surface area (Å²) in [5, 5.41) is 9.24. The SMILES string of the molecule is C[C@@H](Sc1nnc(C23CC4CC(CC(C4)C2)C3)o1)C(=O)N1CCCCCC1. The van der Waals surface area contributed by atoms with Crippen LogP contribution in [0, 0.1) is 17.8 Å². The molecule has 1 atom stereocenters. The molecule has 6 rings (SSSR count). The molecule has 0 unspecified atom stereocenters. The molecule has 1 aliphatic heterocycles. The zero-order valence-electron chi connectivity index (χ0n) is 16.4. The maximum Gasteiger partial charge on any atom is 0.277 e. The Morgan fingerprint density at radius 3 is 2.22 bits per heavy atom. The van der Waals surface area contributed by atoms with Crippen molar-refractivity contribution in [2.75, 3.05) is 13.1 Å². The molecule has 1 saturated heterocycles. The van der Waals surface area contributed by atoms with Crippen molar-refractivity contribution in [3.8, 4) is 0 Å². The fraction of sp³-hybridized carbons (Fsp3) is 0.857. The molecular formula is C21H31N3O2S. The monoisotopic (exact) mass is 389 g/mol. The van der Waals surface area contributed by atoms with Crippen LogP contribution in [0.5, 0.6) is 0 Å². The second-order valence-corrected chi connectivity index (χ2v) is 10.9. The van der Waals surface area contributed by atoms with Crippen molar-refractivity contribution >= 4 is 17.7 Å². The van der Waals surface area contributed by atoms with Crippen molar-refractivity contribution in [1.29, 1.82) is 0 Å². The number of hydrogen-bond acceptors (Lipinski definition) is 5. The van der Waals surface area contributed by atoms with Crippen molar-refractivity contribution in [3.05, 3.63) is 5.89 Å². The van der Waals surface area contributed by atoms with Gasteiger partial charge in [-0.25, -0.2) is 0 Å². The second-order valence-electron chi connectivity index (χ2n) is 9.57. The van der Waals surface area contributed by atoms with E-state index in [4.69, 9.17) is 4.42 Å². The van der Waals surface area contributed by atoms with Gasteiger partial charge >= 0.3 is 0 Å². The lowest BCUT2D eigenvalue weighted by atomic mass is 9.49. The van der Waals surface area contributed by atoms with Crippen LogP contribution in [0.4, 0.5) is 0 Å². The lowest BCUT2D eigenvalue weighted by Crippen LogP contribution is -2.48. The number of hydrogen-bond donors (Lipinski definition) is 0. The molecule has 0 spiro atoms. The topological polar surface area (TPSA) is 59.2 Å². The number of amides is 1. The van der Waals surface area contributed by atoms with Gasteiger partial charge in [0.05, 0.1) is 5.25 Å². The summed E-state index contributed by atoms with van der Waals surface area (Å²) in [6.45, 7) is 3.77. The summed E-state index contributed by atoms with van der Waals surface area (Å²) in [4.78, 5) is 14.8. The van der Waals surface area contributed by atoms with Gasteiger partial charge in [0.2, 0.25) is 11.8 Å². The smallest absolute Gasteiger partial charge is 0.277 e. The number of carbonyl (C=O) groups is 1. The maximum atomic E-state index is 12.8. The molecule has 0 radical (unpaired) electrons. The molecule has 1 aromatic rings. The van der Waals surface area contributed by atoms with Crippen molar-refractivity contribution in [2.24, 2.45) is 17.8 Å². The van der Waals surface area contributed by atoms with E-state index in [0.717, 1.165) is 49.6 Å². The zero-order chi connectivity index (χ0) is 18.4. The van der Waals surface area contributed by atoms with Gasteiger partial charge in [0, 0.05) is 18.5 Å². The Bertz CT molecular complexity index is 660. The summed E-state index contributed by atoms with van der Waals surface area (Å²) in [5.41, 5.74) is 0.137. The molecule has 27 heavy (non-hydrogen) atoms. The summed E-state index contributed by atoms with van der Waals surface area (Å²) in [7, 11) is 0. The Morgan fingerprint density at radius 1 is 1.04 bits per heavy atom. The van der Waals surface area contributed by atoms with Gasteiger partial charge in [-0.05, 0) is 76.0 Å². The van der Waals surface area contributed by atoms with Crippen LogP contribution in [0.3, 0.4) is 0 Å². The van der Waals surface area contributed by atoms with E-state index in [1.54, 1.807) is 0 Å². The van der Waals surface area contributed by atoms with Crippen molar-refractivity contribution in [1.82, 2.24) is 15.1 Å². The van der Waals surface area contributed by atoms with Crippen LogP contribution in [0.15, 0.2) is 9.64 Å². The maximum absolute atomic E-state index is 12.8. The van der Waals surface area contributed by atoms with Gasteiger partial charge in [0.15, 0.2) is 0 Å². The number of rotatable bonds is 4. The normalized spacial score (nSPS) is 36.6. The zero-order valence-corrected chi connectivity index (χ0v) is 17.2. The Morgan fingerprint density at radius 2 is 1.63 bits per heavy atom. The third-order valence-corrected chi connectivity index (χ3v) is 8.36. The highest BCUT2D eigenvalue weighted by molar-refractivity contribution is 8.00.